The van der Waals surface area contributed by atoms with Crippen molar-refractivity contribution in [3.05, 3.63) is 38.5 Å². The van der Waals surface area contributed by atoms with E-state index in [0.717, 1.165) is 17.5 Å². The van der Waals surface area contributed by atoms with Crippen molar-refractivity contribution < 1.29 is 24.0 Å². The number of hydrogen-bond donors (Lipinski definition) is 2. The highest BCUT2D eigenvalue weighted by Crippen LogP contribution is 2.34. The Labute approximate surface area is 170 Å². The first-order valence-corrected chi connectivity index (χ1v) is 9.44. The van der Waals surface area contributed by atoms with Crippen LogP contribution < -0.4 is 11.1 Å². The Kier molecular flexibility index (Phi) is 6.69. The topological polar surface area (TPSA) is 159 Å². The van der Waals surface area contributed by atoms with Gasteiger partial charge in [0.15, 0.2) is 0 Å². The molecule has 0 aliphatic rings. The van der Waals surface area contributed by atoms with E-state index in [-0.39, 0.29) is 27.7 Å². The monoisotopic (exact) mass is 423 g/mol. The second kappa shape index (κ2) is 8.82. The number of anilines is 1. The Morgan fingerprint density at radius 3 is 2.55 bits per heavy atom. The van der Waals surface area contributed by atoms with Crippen molar-refractivity contribution in [3.63, 3.8) is 0 Å². The minimum atomic E-state index is -0.719. The number of nitrogens with zero attached hydrogens (tertiary/aromatic N) is 3. The van der Waals surface area contributed by atoms with Gasteiger partial charge >= 0.3 is 11.7 Å². The molecule has 0 spiro atoms. The molecular formula is C17H21N5O6S. The van der Waals surface area contributed by atoms with E-state index in [2.05, 4.69) is 10.4 Å². The fourth-order valence-electron chi connectivity index (χ4n) is 2.50. The molecule has 0 radical (unpaired) electrons. The van der Waals surface area contributed by atoms with Crippen LogP contribution in [-0.2, 0) is 16.1 Å². The summed E-state index contributed by atoms with van der Waals surface area (Å²) in [7, 11) is 0. The summed E-state index contributed by atoms with van der Waals surface area (Å²) in [5.41, 5.74) is 5.58. The third kappa shape index (κ3) is 5.16. The van der Waals surface area contributed by atoms with Gasteiger partial charge in [-0.25, -0.2) is 4.79 Å². The number of primary amides is 1. The van der Waals surface area contributed by atoms with Gasteiger partial charge < -0.3 is 15.8 Å². The molecule has 2 aromatic heterocycles. The molecule has 2 heterocycles. The highest BCUT2D eigenvalue weighted by Gasteiger charge is 2.27. The molecule has 2 rings (SSSR count). The maximum Gasteiger partial charge on any atom is 0.341 e. The zero-order valence-electron chi connectivity index (χ0n) is 16.3. The lowest BCUT2D eigenvalue weighted by molar-refractivity contribution is -0.385. The molecule has 12 heteroatoms. The predicted octanol–water partition coefficient (Wildman–Crippen LogP) is 2.10. The van der Waals surface area contributed by atoms with Crippen molar-refractivity contribution in [2.24, 2.45) is 11.7 Å². The lowest BCUT2D eigenvalue weighted by atomic mass is 10.1. The Bertz CT molecular complexity index is 964. The average Bonchev–Trinajstić information content (AvgIpc) is 3.18. The van der Waals surface area contributed by atoms with Gasteiger partial charge in [-0.15, -0.1) is 11.3 Å². The quantitative estimate of drug-likeness (QED) is 0.373. The smallest absolute Gasteiger partial charge is 0.341 e. The Morgan fingerprint density at radius 1 is 1.38 bits per heavy atom. The van der Waals surface area contributed by atoms with Gasteiger partial charge in [0, 0.05) is 0 Å². The standard InChI is InChI=1S/C17H21N5O6S/c1-8(2)28-17(25)12-10(4)13(14(18)23)29-16(12)20-15(24)9(3)6-21-7-11(5-19-21)22(26)27/h5,7-9H,6H2,1-4H3,(H2,18,23)(H,20,24). The van der Waals surface area contributed by atoms with E-state index in [9.17, 15) is 24.5 Å². The van der Waals surface area contributed by atoms with Gasteiger partial charge in [0.2, 0.25) is 5.91 Å². The number of carbonyl (C=O) groups excluding carboxylic acids is 3. The number of ether oxygens (including phenoxy) is 1. The fourth-order valence-corrected chi connectivity index (χ4v) is 3.55. The Balaban J connectivity index is 2.23. The van der Waals surface area contributed by atoms with Crippen LogP contribution in [0.5, 0.6) is 0 Å². The highest BCUT2D eigenvalue weighted by molar-refractivity contribution is 7.18. The first-order valence-electron chi connectivity index (χ1n) is 8.63. The maximum atomic E-state index is 12.6. The molecule has 0 aliphatic heterocycles. The molecule has 29 heavy (non-hydrogen) atoms. The second-order valence-electron chi connectivity index (χ2n) is 6.65. The van der Waals surface area contributed by atoms with Gasteiger partial charge in [0.25, 0.3) is 5.91 Å². The van der Waals surface area contributed by atoms with Crippen LogP contribution in [0.1, 0.15) is 46.4 Å². The molecule has 0 bridgehead atoms. The van der Waals surface area contributed by atoms with Crippen molar-refractivity contribution in [2.75, 3.05) is 5.32 Å². The second-order valence-corrected chi connectivity index (χ2v) is 7.67. The molecule has 3 N–H and O–H groups in total. The van der Waals surface area contributed by atoms with E-state index in [1.54, 1.807) is 27.7 Å². The summed E-state index contributed by atoms with van der Waals surface area (Å²) in [6.45, 7) is 6.59. The Hall–Kier alpha value is -3.28. The van der Waals surface area contributed by atoms with Crippen LogP contribution in [0.25, 0.3) is 0 Å². The number of carbonyl (C=O) groups is 3. The average molecular weight is 423 g/mol. The van der Waals surface area contributed by atoms with E-state index in [1.165, 1.54) is 10.9 Å². The van der Waals surface area contributed by atoms with Crippen molar-refractivity contribution in [2.45, 2.75) is 40.3 Å². The minimum absolute atomic E-state index is 0.0766. The largest absolute Gasteiger partial charge is 0.459 e. The summed E-state index contributed by atoms with van der Waals surface area (Å²) in [5, 5.41) is 17.4. The van der Waals surface area contributed by atoms with E-state index in [0.29, 0.717) is 5.56 Å². The molecule has 0 saturated heterocycles. The van der Waals surface area contributed by atoms with Crippen LogP contribution in [0.2, 0.25) is 0 Å². The van der Waals surface area contributed by atoms with Crippen LogP contribution >= 0.6 is 11.3 Å². The first-order chi connectivity index (χ1) is 13.5. The summed E-state index contributed by atoms with van der Waals surface area (Å²) >= 11 is 0.891. The molecule has 2 aromatic rings. The number of rotatable bonds is 8. The van der Waals surface area contributed by atoms with E-state index in [1.807, 2.05) is 0 Å². The first kappa shape index (κ1) is 22.0. The number of amides is 2. The highest BCUT2D eigenvalue weighted by atomic mass is 32.1. The summed E-state index contributed by atoms with van der Waals surface area (Å²) in [6.07, 6.45) is 1.92. The summed E-state index contributed by atoms with van der Waals surface area (Å²) in [4.78, 5) is 47.0. The third-order valence-corrected chi connectivity index (χ3v) is 5.11. The molecule has 156 valence electrons. The lowest BCUT2D eigenvalue weighted by Crippen LogP contribution is -2.25. The molecule has 1 unspecified atom stereocenters. The SMILES string of the molecule is Cc1c(C(N)=O)sc(NC(=O)C(C)Cn2cc([N+](=O)[O-])cn2)c1C(=O)OC(C)C. The fraction of sp³-hybridized carbons (Fsp3) is 0.412. The van der Waals surface area contributed by atoms with Gasteiger partial charge in [-0.1, -0.05) is 6.92 Å². The zero-order chi connectivity index (χ0) is 21.9. The number of hydrogen-bond acceptors (Lipinski definition) is 8. The van der Waals surface area contributed by atoms with Crippen LogP contribution in [0.4, 0.5) is 10.7 Å². The van der Waals surface area contributed by atoms with Crippen LogP contribution in [-0.4, -0.2) is 38.6 Å². The zero-order valence-corrected chi connectivity index (χ0v) is 17.1. The van der Waals surface area contributed by atoms with Crippen LogP contribution in [0.15, 0.2) is 12.4 Å². The molecule has 0 saturated carbocycles. The molecule has 0 fully saturated rings. The molecule has 1 atom stereocenters. The number of nitrogens with two attached hydrogens (primary N) is 1. The molecule has 0 aromatic carbocycles. The van der Waals surface area contributed by atoms with Gasteiger partial charge in [0.1, 0.15) is 17.4 Å². The number of nitro groups is 1. The molecular weight excluding hydrogens is 402 g/mol. The lowest BCUT2D eigenvalue weighted by Gasteiger charge is -2.13. The number of esters is 1. The maximum absolute atomic E-state index is 12.6. The summed E-state index contributed by atoms with van der Waals surface area (Å²) in [6, 6.07) is 0. The number of nitrogens with one attached hydrogen (secondary N) is 1. The van der Waals surface area contributed by atoms with Crippen molar-refractivity contribution >= 4 is 39.8 Å². The number of thiophene rings is 1. The van der Waals surface area contributed by atoms with E-state index in [4.69, 9.17) is 10.5 Å². The van der Waals surface area contributed by atoms with Crippen molar-refractivity contribution in [1.82, 2.24) is 9.78 Å². The van der Waals surface area contributed by atoms with Gasteiger partial charge in [-0.3, -0.25) is 24.4 Å². The van der Waals surface area contributed by atoms with Crippen LogP contribution in [0.3, 0.4) is 0 Å². The van der Waals surface area contributed by atoms with E-state index >= 15 is 0 Å². The molecule has 0 aliphatic carbocycles. The predicted molar refractivity (Wildman–Crippen MR) is 105 cm³/mol. The normalized spacial score (nSPS) is 11.9. The summed E-state index contributed by atoms with van der Waals surface area (Å²) < 4.78 is 6.48. The van der Waals surface area contributed by atoms with Crippen LogP contribution in [0, 0.1) is 23.0 Å². The van der Waals surface area contributed by atoms with E-state index < -0.39 is 34.7 Å². The van der Waals surface area contributed by atoms with Gasteiger partial charge in [-0.2, -0.15) is 5.10 Å². The minimum Gasteiger partial charge on any atom is -0.459 e. The molecule has 11 nitrogen and oxygen atoms in total. The van der Waals surface area contributed by atoms with Gasteiger partial charge in [0.05, 0.1) is 33.9 Å². The molecule has 2 amide bonds. The number of aromatic nitrogens is 2. The third-order valence-electron chi connectivity index (χ3n) is 3.89. The Morgan fingerprint density at radius 2 is 2.03 bits per heavy atom. The summed E-state index contributed by atoms with van der Waals surface area (Å²) in [5.74, 6) is -2.49. The van der Waals surface area contributed by atoms with Crippen molar-refractivity contribution in [1.29, 1.82) is 0 Å². The van der Waals surface area contributed by atoms with Crippen molar-refractivity contribution in [3.8, 4) is 0 Å². The van der Waals surface area contributed by atoms with Gasteiger partial charge in [-0.05, 0) is 26.3 Å².